The molecule has 0 bridgehead atoms. The molecule has 0 amide bonds. The summed E-state index contributed by atoms with van der Waals surface area (Å²) in [5.74, 6) is 0. The van der Waals surface area contributed by atoms with Crippen LogP contribution >= 0.6 is 31.9 Å². The summed E-state index contributed by atoms with van der Waals surface area (Å²) in [6.07, 6.45) is 0.986. The molecule has 0 aliphatic carbocycles. The van der Waals surface area contributed by atoms with Gasteiger partial charge >= 0.3 is 0 Å². The van der Waals surface area contributed by atoms with Crippen molar-refractivity contribution in [2.45, 2.75) is 366 Å². The smallest absolute Gasteiger partial charge is 0.0776 e. The molecule has 12 aromatic carbocycles. The summed E-state index contributed by atoms with van der Waals surface area (Å²) < 4.78 is 2.39. The van der Waals surface area contributed by atoms with E-state index < -0.39 is 8.07 Å². The highest BCUT2D eigenvalue weighted by Gasteiger charge is 2.36. The normalized spacial score (nSPS) is 13.5. The predicted octanol–water partition coefficient (Wildman–Crippen LogP) is 37.1. The molecular formula is C120H160Br2N2Si. The Hall–Kier alpha value is -7.54. The monoisotopic (exact) mass is 1820 g/mol. The van der Waals surface area contributed by atoms with Crippen molar-refractivity contribution in [1.29, 1.82) is 0 Å². The Balaban J connectivity index is 0.000000267. The third-order valence-electron chi connectivity index (χ3n) is 25.5. The van der Waals surface area contributed by atoms with Crippen LogP contribution in [-0.4, -0.2) is 8.07 Å². The summed E-state index contributed by atoms with van der Waals surface area (Å²) in [6.45, 7) is 98.8. The van der Waals surface area contributed by atoms with Gasteiger partial charge in [-0.15, -0.1) is 0 Å². The number of nitrogens with zero attached hydrogens (tertiary/aromatic N) is 2. The summed E-state index contributed by atoms with van der Waals surface area (Å²) in [7, 11) is -1.29. The first-order valence-electron chi connectivity index (χ1n) is 46.4. The number of hydrogen-bond acceptors (Lipinski definition) is 2. The highest BCUT2D eigenvalue weighted by Crippen LogP contribution is 2.55. The summed E-state index contributed by atoms with van der Waals surface area (Å²) >= 11 is 7.59. The fraction of sp³-hybridized carbons (Fsp3) is 0.467. The fourth-order valence-electron chi connectivity index (χ4n) is 16.4. The number of rotatable bonds is 9. The van der Waals surface area contributed by atoms with E-state index in [1.54, 1.807) is 0 Å². The lowest BCUT2D eigenvalue weighted by atomic mass is 9.77. The van der Waals surface area contributed by atoms with E-state index in [-0.39, 0.29) is 70.4 Å². The molecule has 12 aromatic rings. The molecule has 0 N–H and O–H groups in total. The molecule has 12 rings (SSSR count). The van der Waals surface area contributed by atoms with Crippen LogP contribution in [0.2, 0.25) is 19.6 Å². The van der Waals surface area contributed by atoms with Crippen molar-refractivity contribution in [1.82, 2.24) is 0 Å². The van der Waals surface area contributed by atoms with Gasteiger partial charge in [0.2, 0.25) is 0 Å². The average molecular weight is 1820 g/mol. The second-order valence-corrected chi connectivity index (χ2v) is 57.9. The lowest BCUT2D eigenvalue weighted by molar-refractivity contribution is 0.565. The largest absolute Gasteiger partial charge is 0.309 e. The van der Waals surface area contributed by atoms with E-state index in [1.807, 2.05) is 0 Å². The molecule has 0 aliphatic rings. The van der Waals surface area contributed by atoms with Crippen molar-refractivity contribution < 1.29 is 0 Å². The van der Waals surface area contributed by atoms with Gasteiger partial charge in [-0.1, -0.05) is 434 Å². The van der Waals surface area contributed by atoms with Crippen LogP contribution in [0.1, 0.15) is 353 Å². The van der Waals surface area contributed by atoms with Crippen LogP contribution in [-0.2, 0) is 76.8 Å². The van der Waals surface area contributed by atoms with Crippen LogP contribution in [0.15, 0.2) is 203 Å². The molecule has 0 radical (unpaired) electrons. The topological polar surface area (TPSA) is 6.48 Å². The molecular weight excluding hydrogens is 1660 g/mol. The van der Waals surface area contributed by atoms with Crippen LogP contribution < -0.4 is 15.0 Å². The van der Waals surface area contributed by atoms with Crippen LogP contribution in [0, 0.1) is 0 Å². The molecule has 0 aromatic heterocycles. The first-order valence-corrected chi connectivity index (χ1v) is 51.5. The first-order chi connectivity index (χ1) is 56.6. The average Bonchev–Trinajstić information content (AvgIpc) is 0.712. The number of hydrogen-bond donors (Lipinski definition) is 0. The Morgan fingerprint density at radius 3 is 0.640 bits per heavy atom. The molecule has 0 saturated heterocycles. The maximum Gasteiger partial charge on any atom is 0.0776 e. The van der Waals surface area contributed by atoms with Crippen molar-refractivity contribution >= 4 is 122 Å². The SMILES string of the molecule is CC(C)(C)c1cc(Cc2cc(C(C)(C)C)cc(C(C)(C)C)c2)cc(C(C)(C)C)c1.CC(C)(C)c1cc(N(c2cc(C(C)(C)C)cc(C(C)(C)C)c2)c2c3ccccc3c(N(c3cc(C(C)(C)C)cc(C(C)(C)C)c3)c3cc(C(C)(C)C)cc(C(C)(C)C)c3)c3cc(C(C)(C)C)ccc23)cc(C(C)(C)C)c1.C[Si](C)(C)c1ccc2c(Br)c3ccccc3c(Br)c2c1. The highest BCUT2D eigenvalue weighted by molar-refractivity contribution is 9.11. The number of fused-ring (bicyclic) bond motifs is 4. The zero-order chi connectivity index (χ0) is 94.0. The van der Waals surface area contributed by atoms with Crippen LogP contribution in [0.4, 0.5) is 34.1 Å². The predicted molar refractivity (Wildman–Crippen MR) is 569 cm³/mol. The van der Waals surface area contributed by atoms with Gasteiger partial charge in [-0.2, -0.15) is 0 Å². The second-order valence-electron chi connectivity index (χ2n) is 51.2. The molecule has 125 heavy (non-hydrogen) atoms. The van der Waals surface area contributed by atoms with Gasteiger partial charge in [0.15, 0.2) is 0 Å². The van der Waals surface area contributed by atoms with E-state index in [4.69, 9.17) is 0 Å². The van der Waals surface area contributed by atoms with Gasteiger partial charge in [0.25, 0.3) is 0 Å². The minimum atomic E-state index is -1.29. The van der Waals surface area contributed by atoms with Crippen LogP contribution in [0.5, 0.6) is 0 Å². The number of halogens is 2. The molecule has 0 heterocycles. The Morgan fingerprint density at radius 2 is 0.400 bits per heavy atom. The highest BCUT2D eigenvalue weighted by atomic mass is 79.9. The molecule has 0 fully saturated rings. The summed E-state index contributed by atoms with van der Waals surface area (Å²) in [5.41, 5.74) is 27.4. The molecule has 5 heteroatoms. The molecule has 668 valence electrons. The second kappa shape index (κ2) is 34.7. The quantitative estimate of drug-likeness (QED) is 0.0807. The standard InChI is InChI=1S/C74H100N2.C29H44.C17H16Br2Si/c1-66(2,3)47-32-33-62-63(46-47)65(76(58-42-52(71(16,17)18)36-53(43-58)72(19,20)21)59-44-54(73(22,23)24)37-55(45-59)74(25,26)27)61-31-29-28-30-60(61)64(62)75(56-38-48(67(4,5)6)34-49(39-56)68(7,8)9)57-40-50(69(10,11)12)35-51(41-57)70(13,14)15;1-26(2,3)22-14-20(15-23(18-22)27(4,5)6)13-21-16-24(28(7,8)9)19-25(17-21)29(10,11)12;1-20(2,3)11-8-9-14-15(10-11)17(19)13-7-5-4-6-12(13)16(14)18/h28-46H,1-27H3;14-19H,13H2,1-12H3;4-10H,1-3H3. The van der Waals surface area contributed by atoms with E-state index in [0.717, 1.165) is 6.42 Å². The van der Waals surface area contributed by atoms with Crippen LogP contribution in [0.25, 0.3) is 43.1 Å². The van der Waals surface area contributed by atoms with E-state index in [0.29, 0.717) is 0 Å². The van der Waals surface area contributed by atoms with E-state index in [1.165, 1.54) is 175 Å². The van der Waals surface area contributed by atoms with Crippen molar-refractivity contribution in [2.24, 2.45) is 0 Å². The van der Waals surface area contributed by atoms with Crippen molar-refractivity contribution in [3.63, 3.8) is 0 Å². The van der Waals surface area contributed by atoms with Crippen LogP contribution in [0.3, 0.4) is 0 Å². The number of anilines is 6. The zero-order valence-corrected chi connectivity index (χ0v) is 90.0. The van der Waals surface area contributed by atoms with Crippen molar-refractivity contribution in [3.05, 3.63) is 287 Å². The van der Waals surface area contributed by atoms with E-state index in [9.17, 15) is 0 Å². The van der Waals surface area contributed by atoms with Gasteiger partial charge in [0.05, 0.1) is 19.4 Å². The van der Waals surface area contributed by atoms with E-state index >= 15 is 0 Å². The van der Waals surface area contributed by atoms with Gasteiger partial charge < -0.3 is 9.80 Å². The molecule has 0 spiro atoms. The Kier molecular flexibility index (Phi) is 27.7. The third-order valence-corrected chi connectivity index (χ3v) is 29.3. The summed E-state index contributed by atoms with van der Waals surface area (Å²) in [4.78, 5) is 5.34. The Labute approximate surface area is 779 Å². The van der Waals surface area contributed by atoms with Crippen molar-refractivity contribution in [2.75, 3.05) is 9.80 Å². The van der Waals surface area contributed by atoms with Gasteiger partial charge in [-0.05, 0) is 268 Å². The number of benzene rings is 12. The van der Waals surface area contributed by atoms with Gasteiger partial charge in [-0.3, -0.25) is 0 Å². The lowest BCUT2D eigenvalue weighted by Crippen LogP contribution is -2.37. The Morgan fingerprint density at radius 1 is 0.200 bits per heavy atom. The van der Waals surface area contributed by atoms with Gasteiger partial charge in [-0.25, -0.2) is 0 Å². The maximum atomic E-state index is 3.81. The molecule has 0 unspecified atom stereocenters. The van der Waals surface area contributed by atoms with Gasteiger partial charge in [0, 0.05) is 53.2 Å². The zero-order valence-electron chi connectivity index (χ0n) is 85.8. The maximum absolute atomic E-state index is 3.81. The third kappa shape index (κ3) is 23.2. The molecule has 0 aliphatic heterocycles. The fourth-order valence-corrected chi connectivity index (χ4v) is 18.9. The minimum absolute atomic E-state index is 0.0946. The molecule has 2 nitrogen and oxygen atoms in total. The van der Waals surface area contributed by atoms with E-state index in [2.05, 4.69) is 525 Å². The summed E-state index contributed by atoms with van der Waals surface area (Å²) in [6, 6.07) is 76.6. The minimum Gasteiger partial charge on any atom is -0.309 e. The molecule has 0 atom stereocenters. The van der Waals surface area contributed by atoms with Crippen molar-refractivity contribution in [3.8, 4) is 0 Å². The van der Waals surface area contributed by atoms with Gasteiger partial charge in [0.1, 0.15) is 0 Å². The summed E-state index contributed by atoms with van der Waals surface area (Å²) in [5, 5.41) is 11.5. The Bertz CT molecular complexity index is 5550. The molecule has 0 saturated carbocycles. The first kappa shape index (κ1) is 99.6. The lowest BCUT2D eigenvalue weighted by Gasteiger charge is -2.37.